The lowest BCUT2D eigenvalue weighted by molar-refractivity contribution is 0.227. The number of hydrogen-bond acceptors (Lipinski definition) is 7. The molecule has 3 N–H and O–H groups in total. The summed E-state index contributed by atoms with van der Waals surface area (Å²) in [6, 6.07) is 4.12. The average molecular weight is 377 g/mol. The van der Waals surface area contributed by atoms with Crippen molar-refractivity contribution in [1.29, 1.82) is 0 Å². The van der Waals surface area contributed by atoms with Crippen molar-refractivity contribution in [2.75, 3.05) is 18.8 Å². The molecule has 3 aromatic rings. The summed E-state index contributed by atoms with van der Waals surface area (Å²) in [5, 5.41) is 8.32. The lowest BCUT2D eigenvalue weighted by atomic mass is 9.82. The maximum Gasteiger partial charge on any atom is 0.166 e. The first-order valence-corrected chi connectivity index (χ1v) is 9.61. The molecular formula is C20H23N7O. The van der Waals surface area contributed by atoms with Gasteiger partial charge >= 0.3 is 0 Å². The van der Waals surface area contributed by atoms with Crippen LogP contribution in [0.15, 0.2) is 37.1 Å². The number of nitrogens with one attached hydrogen (secondary N) is 1. The molecule has 1 saturated heterocycles. The van der Waals surface area contributed by atoms with E-state index < -0.39 is 0 Å². The highest BCUT2D eigenvalue weighted by molar-refractivity contribution is 5.64. The van der Waals surface area contributed by atoms with E-state index in [0.717, 1.165) is 42.9 Å². The summed E-state index contributed by atoms with van der Waals surface area (Å²) < 4.78 is 8.19. The topological polar surface area (TPSA) is 104 Å². The van der Waals surface area contributed by atoms with Crippen molar-refractivity contribution in [2.24, 2.45) is 0 Å². The molecule has 0 saturated carbocycles. The van der Waals surface area contributed by atoms with E-state index >= 15 is 0 Å². The van der Waals surface area contributed by atoms with Gasteiger partial charge in [-0.1, -0.05) is 0 Å². The summed E-state index contributed by atoms with van der Waals surface area (Å²) in [6.07, 6.45) is 8.82. The van der Waals surface area contributed by atoms with E-state index in [1.807, 2.05) is 13.0 Å². The van der Waals surface area contributed by atoms with Crippen molar-refractivity contribution >= 4 is 5.82 Å². The van der Waals surface area contributed by atoms with E-state index in [0.29, 0.717) is 11.6 Å². The molecule has 0 unspecified atom stereocenters. The smallest absolute Gasteiger partial charge is 0.166 e. The lowest BCUT2D eigenvalue weighted by Crippen LogP contribution is -2.25. The molecule has 3 aromatic heterocycles. The molecule has 5 heterocycles. The Bertz CT molecular complexity index is 995. The van der Waals surface area contributed by atoms with Crippen LogP contribution in [0.2, 0.25) is 0 Å². The Morgan fingerprint density at radius 1 is 1.21 bits per heavy atom. The predicted molar refractivity (Wildman–Crippen MR) is 105 cm³/mol. The highest BCUT2D eigenvalue weighted by atomic mass is 16.5. The van der Waals surface area contributed by atoms with Crippen molar-refractivity contribution in [3.63, 3.8) is 0 Å². The van der Waals surface area contributed by atoms with Crippen LogP contribution in [-0.4, -0.2) is 37.8 Å². The monoisotopic (exact) mass is 377 g/mol. The van der Waals surface area contributed by atoms with Crippen LogP contribution in [0.3, 0.4) is 0 Å². The minimum Gasteiger partial charge on any atom is -0.482 e. The number of hydrogen-bond donors (Lipinski definition) is 2. The summed E-state index contributed by atoms with van der Waals surface area (Å²) in [5.41, 5.74) is 10.3. The molecule has 0 bridgehead atoms. The number of aryl methyl sites for hydroxylation is 1. The fraction of sp³-hybridized carbons (Fsp3) is 0.400. The maximum absolute atomic E-state index is 6.06. The van der Waals surface area contributed by atoms with Crippen LogP contribution in [-0.2, 0) is 12.0 Å². The van der Waals surface area contributed by atoms with Gasteiger partial charge in [0.15, 0.2) is 11.6 Å². The number of nitrogens with zero attached hydrogens (tertiary/aromatic N) is 5. The zero-order chi connectivity index (χ0) is 19.1. The van der Waals surface area contributed by atoms with E-state index in [-0.39, 0.29) is 11.5 Å². The van der Waals surface area contributed by atoms with Crippen LogP contribution in [0.5, 0.6) is 5.75 Å². The van der Waals surface area contributed by atoms with Crippen molar-refractivity contribution in [2.45, 2.75) is 37.8 Å². The molecule has 28 heavy (non-hydrogen) atoms. The van der Waals surface area contributed by atoms with Gasteiger partial charge in [-0.2, -0.15) is 5.10 Å². The number of pyridine rings is 1. The molecule has 144 valence electrons. The van der Waals surface area contributed by atoms with E-state index in [9.17, 15) is 0 Å². The molecule has 1 fully saturated rings. The van der Waals surface area contributed by atoms with Gasteiger partial charge in [0, 0.05) is 53.9 Å². The van der Waals surface area contributed by atoms with Gasteiger partial charge in [0.2, 0.25) is 0 Å². The van der Waals surface area contributed by atoms with Gasteiger partial charge in [-0.15, -0.1) is 0 Å². The van der Waals surface area contributed by atoms with Gasteiger partial charge in [0.25, 0.3) is 0 Å². The summed E-state index contributed by atoms with van der Waals surface area (Å²) >= 11 is 0. The quantitative estimate of drug-likeness (QED) is 0.717. The normalized spacial score (nSPS) is 21.8. The molecular weight excluding hydrogens is 354 g/mol. The molecule has 8 heteroatoms. The Kier molecular flexibility index (Phi) is 4.01. The third-order valence-electron chi connectivity index (χ3n) is 5.90. The SMILES string of the molecule is C[C@H](Oc1cc(-c2cc3n(n2)CC[C@]32CCNC2)cnc1N)c1cncnc1. The highest BCUT2D eigenvalue weighted by Gasteiger charge is 2.42. The van der Waals surface area contributed by atoms with Crippen LogP contribution >= 0.6 is 0 Å². The predicted octanol–water partition coefficient (Wildman–Crippen LogP) is 2.09. The fourth-order valence-electron chi connectivity index (χ4n) is 4.25. The number of rotatable bonds is 4. The van der Waals surface area contributed by atoms with Crippen molar-refractivity contribution in [3.05, 3.63) is 48.3 Å². The zero-order valence-electron chi connectivity index (χ0n) is 15.8. The van der Waals surface area contributed by atoms with E-state index in [2.05, 4.69) is 31.0 Å². The standard InChI is InChI=1S/C20H23N7O/c1-13(15-8-23-12-24-9-15)28-17-6-14(10-25-19(17)21)16-7-18-20(2-4-22-11-20)3-5-27(18)26-16/h6-10,12-13,22H,2-5,11H2,1H3,(H2,21,25)/t13-,20-/m0/s1. The second kappa shape index (κ2) is 6.56. The lowest BCUT2D eigenvalue weighted by Gasteiger charge is -2.20. The van der Waals surface area contributed by atoms with Crippen molar-refractivity contribution in [1.82, 2.24) is 30.0 Å². The third-order valence-corrected chi connectivity index (χ3v) is 5.90. The average Bonchev–Trinajstić information content (AvgIpc) is 3.43. The van der Waals surface area contributed by atoms with Crippen LogP contribution in [0.25, 0.3) is 11.3 Å². The van der Waals surface area contributed by atoms with Gasteiger partial charge in [-0.25, -0.2) is 15.0 Å². The Morgan fingerprint density at radius 3 is 2.86 bits per heavy atom. The highest BCUT2D eigenvalue weighted by Crippen LogP contribution is 2.41. The number of nitrogens with two attached hydrogens (primary N) is 1. The molecule has 2 aliphatic heterocycles. The van der Waals surface area contributed by atoms with Gasteiger partial charge in [-0.05, 0) is 38.4 Å². The fourth-order valence-corrected chi connectivity index (χ4v) is 4.25. The summed E-state index contributed by atoms with van der Waals surface area (Å²) in [5.74, 6) is 0.898. The molecule has 0 aliphatic carbocycles. The minimum absolute atomic E-state index is 0.230. The van der Waals surface area contributed by atoms with Crippen LogP contribution < -0.4 is 15.8 Å². The van der Waals surface area contributed by atoms with Crippen molar-refractivity contribution in [3.8, 4) is 17.0 Å². The Labute approximate surface area is 163 Å². The number of aromatic nitrogens is 5. The summed E-state index contributed by atoms with van der Waals surface area (Å²) in [4.78, 5) is 12.4. The van der Waals surface area contributed by atoms with Crippen LogP contribution in [0.4, 0.5) is 5.82 Å². The van der Waals surface area contributed by atoms with Crippen LogP contribution in [0, 0.1) is 0 Å². The number of ether oxygens (including phenoxy) is 1. The molecule has 2 aliphatic rings. The number of anilines is 1. The van der Waals surface area contributed by atoms with Gasteiger partial charge in [0.05, 0.1) is 5.69 Å². The Balaban J connectivity index is 1.44. The maximum atomic E-state index is 6.06. The second-order valence-corrected chi connectivity index (χ2v) is 7.63. The first-order valence-electron chi connectivity index (χ1n) is 9.61. The van der Waals surface area contributed by atoms with E-state index in [1.165, 1.54) is 18.4 Å². The third kappa shape index (κ3) is 2.80. The number of fused-ring (bicyclic) bond motifs is 2. The minimum atomic E-state index is -0.236. The molecule has 2 atom stereocenters. The Morgan fingerprint density at radius 2 is 2.07 bits per heavy atom. The number of nitrogen functional groups attached to an aromatic ring is 1. The molecule has 0 radical (unpaired) electrons. The van der Waals surface area contributed by atoms with E-state index in [4.69, 9.17) is 15.6 Å². The molecule has 0 amide bonds. The summed E-state index contributed by atoms with van der Waals surface area (Å²) in [7, 11) is 0. The first kappa shape index (κ1) is 17.1. The molecule has 8 nitrogen and oxygen atoms in total. The van der Waals surface area contributed by atoms with Crippen molar-refractivity contribution < 1.29 is 4.74 Å². The second-order valence-electron chi connectivity index (χ2n) is 7.63. The van der Waals surface area contributed by atoms with Gasteiger partial charge in [0.1, 0.15) is 12.4 Å². The van der Waals surface area contributed by atoms with Crippen LogP contribution in [0.1, 0.15) is 37.1 Å². The zero-order valence-corrected chi connectivity index (χ0v) is 15.8. The molecule has 1 spiro atoms. The summed E-state index contributed by atoms with van der Waals surface area (Å²) in [6.45, 7) is 5.01. The molecule has 0 aromatic carbocycles. The molecule has 5 rings (SSSR count). The first-order chi connectivity index (χ1) is 13.6. The van der Waals surface area contributed by atoms with E-state index in [1.54, 1.807) is 18.6 Å². The largest absolute Gasteiger partial charge is 0.482 e. The van der Waals surface area contributed by atoms with Gasteiger partial charge < -0.3 is 15.8 Å². The Hall–Kier alpha value is -3.00. The van der Waals surface area contributed by atoms with Gasteiger partial charge in [-0.3, -0.25) is 4.68 Å².